The van der Waals surface area contributed by atoms with Gasteiger partial charge in [-0.15, -0.1) is 0 Å². The third-order valence-corrected chi connectivity index (χ3v) is 16.9. The Morgan fingerprint density at radius 1 is 0.346 bits per heavy atom. The monoisotopic (exact) mass is 1140 g/mol. The Kier molecular flexibility index (Phi) is 65.3. The second-order valence-electron chi connectivity index (χ2n) is 24.7. The highest BCUT2D eigenvalue weighted by Gasteiger charge is 2.52. The smallest absolute Gasteiger partial charge is 0.303 e. The number of ketones is 3. The van der Waals surface area contributed by atoms with Crippen LogP contribution in [0.5, 0.6) is 0 Å². The molecule has 0 radical (unpaired) electrons. The first-order chi connectivity index (χ1) is 39.6. The van der Waals surface area contributed by atoms with Gasteiger partial charge in [-0.1, -0.05) is 322 Å². The van der Waals surface area contributed by atoms with Gasteiger partial charge in [-0.25, -0.2) is 0 Å². The Bertz CT molecular complexity index is 1410. The van der Waals surface area contributed by atoms with Crippen LogP contribution in [-0.4, -0.2) is 62.1 Å². The molecule has 0 aliphatic heterocycles. The molecule has 3 atom stereocenters. The molecule has 0 heterocycles. The van der Waals surface area contributed by atoms with Crippen molar-refractivity contribution in [2.45, 2.75) is 405 Å². The van der Waals surface area contributed by atoms with E-state index in [1.54, 1.807) is 0 Å². The van der Waals surface area contributed by atoms with E-state index in [-0.39, 0.29) is 25.0 Å². The SMILES string of the molecule is CCCCCCCC/C=C\CCCCCCCC(=O)C(CCCCCCCCCCCCCC)C(=O)C(O)(C(=O)CCCCCCCCCCCCCCCCC)C(O)CO.CCCCCCCC/C=C\CCCCCCCC(=O)O. The average molecular weight is 1140 g/mol. The van der Waals surface area contributed by atoms with Crippen molar-refractivity contribution in [2.24, 2.45) is 5.92 Å². The molecule has 81 heavy (non-hydrogen) atoms. The number of aliphatic hydroxyl groups is 3. The number of carboxylic acids is 1. The van der Waals surface area contributed by atoms with Crippen LogP contribution in [0.1, 0.15) is 394 Å². The minimum atomic E-state index is -2.76. The summed E-state index contributed by atoms with van der Waals surface area (Å²) in [7, 11) is 0. The summed E-state index contributed by atoms with van der Waals surface area (Å²) in [5.41, 5.74) is -2.76. The van der Waals surface area contributed by atoms with Crippen molar-refractivity contribution in [1.82, 2.24) is 0 Å². The van der Waals surface area contributed by atoms with Gasteiger partial charge in [-0.2, -0.15) is 0 Å². The quantitative estimate of drug-likeness (QED) is 0.0267. The number of unbranched alkanes of at least 4 members (excludes halogenated alkanes) is 47. The average Bonchev–Trinajstić information content (AvgIpc) is 3.60. The standard InChI is InChI=1S/C55H104O6.C18H34O2/c1-4-7-10-13-16-19-22-25-27-29-32-35-38-41-44-47-51(57)50(46-43-40-37-34-31-24-21-18-15-12-9-6-3)54(60)55(61,53(59)49-56)52(58)48-45-42-39-36-33-30-28-26-23-20-17-14-11-8-5-2;1-2-3-4-5-6-7-8-9-10-11-12-13-14-15-16-17-18(19)20/h25,27,50,53,56,59,61H,4-24,26,28-49H2,1-3H3;9-10H,2-8,11-17H2,1H3,(H,19,20)/b27-25-;10-9-. The lowest BCUT2D eigenvalue weighted by Gasteiger charge is -2.32. The fourth-order valence-corrected chi connectivity index (χ4v) is 11.3. The summed E-state index contributed by atoms with van der Waals surface area (Å²) in [5, 5.41) is 40.9. The second kappa shape index (κ2) is 65.4. The Hall–Kier alpha value is -2.16. The zero-order chi connectivity index (χ0) is 59.8. The van der Waals surface area contributed by atoms with E-state index in [0.29, 0.717) is 25.7 Å². The Balaban J connectivity index is 0. The van der Waals surface area contributed by atoms with Crippen molar-refractivity contribution in [3.63, 3.8) is 0 Å². The van der Waals surface area contributed by atoms with E-state index >= 15 is 0 Å². The van der Waals surface area contributed by atoms with Crippen molar-refractivity contribution >= 4 is 23.3 Å². The van der Waals surface area contributed by atoms with Gasteiger partial charge in [0.15, 0.2) is 11.6 Å². The number of aliphatic hydroxyl groups excluding tert-OH is 2. The maximum atomic E-state index is 14.1. The molecule has 0 aromatic carbocycles. The predicted molar refractivity (Wildman–Crippen MR) is 348 cm³/mol. The van der Waals surface area contributed by atoms with Crippen LogP contribution in [-0.2, 0) is 19.2 Å². The fraction of sp³-hybridized carbons (Fsp3) is 0.890. The molecule has 0 bridgehead atoms. The first kappa shape index (κ1) is 80.9. The Labute approximate surface area is 502 Å². The van der Waals surface area contributed by atoms with Gasteiger partial charge in [0.2, 0.25) is 5.60 Å². The summed E-state index contributed by atoms with van der Waals surface area (Å²) in [4.78, 5) is 51.8. The number of carbonyl (C=O) groups excluding carboxylic acids is 3. The molecule has 0 aliphatic rings. The Morgan fingerprint density at radius 2 is 0.593 bits per heavy atom. The van der Waals surface area contributed by atoms with Crippen molar-refractivity contribution in [3.8, 4) is 0 Å². The molecule has 0 saturated heterocycles. The van der Waals surface area contributed by atoms with Crippen LogP contribution in [0.25, 0.3) is 0 Å². The van der Waals surface area contributed by atoms with Gasteiger partial charge in [0.05, 0.1) is 12.5 Å². The highest BCUT2D eigenvalue weighted by molar-refractivity contribution is 6.17. The summed E-state index contributed by atoms with van der Waals surface area (Å²) < 4.78 is 0. The van der Waals surface area contributed by atoms with Crippen LogP contribution in [0.2, 0.25) is 0 Å². The molecule has 0 aromatic heterocycles. The van der Waals surface area contributed by atoms with Gasteiger partial charge >= 0.3 is 5.97 Å². The number of aliphatic carboxylic acids is 1. The molecule has 0 amide bonds. The number of carboxylic acid groups (broad SMARTS) is 1. The fourth-order valence-electron chi connectivity index (χ4n) is 11.3. The molecule has 0 saturated carbocycles. The van der Waals surface area contributed by atoms with Crippen LogP contribution in [0.4, 0.5) is 0 Å². The van der Waals surface area contributed by atoms with Crippen LogP contribution in [0.15, 0.2) is 24.3 Å². The van der Waals surface area contributed by atoms with Crippen LogP contribution < -0.4 is 0 Å². The molecule has 0 rings (SSSR count). The third-order valence-electron chi connectivity index (χ3n) is 16.9. The van der Waals surface area contributed by atoms with Gasteiger partial charge in [-0.3, -0.25) is 19.2 Å². The minimum absolute atomic E-state index is 0.0503. The molecule has 3 unspecified atom stereocenters. The van der Waals surface area contributed by atoms with E-state index in [0.717, 1.165) is 83.5 Å². The zero-order valence-corrected chi connectivity index (χ0v) is 54.4. The molecule has 0 aromatic rings. The van der Waals surface area contributed by atoms with E-state index in [1.807, 2.05) is 0 Å². The topological polar surface area (TPSA) is 149 Å². The van der Waals surface area contributed by atoms with Crippen molar-refractivity contribution in [1.29, 1.82) is 0 Å². The molecule has 4 N–H and O–H groups in total. The molecule has 8 heteroatoms. The normalized spacial score (nSPS) is 13.2. The lowest BCUT2D eigenvalue weighted by Crippen LogP contribution is -2.60. The summed E-state index contributed by atoms with van der Waals surface area (Å²) in [6.45, 7) is 8.10. The summed E-state index contributed by atoms with van der Waals surface area (Å²) in [6.07, 6.45) is 71.2. The largest absolute Gasteiger partial charge is 0.481 e. The van der Waals surface area contributed by atoms with Crippen molar-refractivity contribution in [3.05, 3.63) is 24.3 Å². The van der Waals surface area contributed by atoms with Crippen LogP contribution in [0, 0.1) is 5.92 Å². The lowest BCUT2D eigenvalue weighted by atomic mass is 9.76. The maximum absolute atomic E-state index is 14.1. The minimum Gasteiger partial charge on any atom is -0.481 e. The van der Waals surface area contributed by atoms with Gasteiger partial charge in [-0.05, 0) is 77.0 Å². The molecule has 8 nitrogen and oxygen atoms in total. The Morgan fingerprint density at radius 3 is 0.877 bits per heavy atom. The highest BCUT2D eigenvalue weighted by atomic mass is 16.4. The molecule has 0 aliphatic carbocycles. The van der Waals surface area contributed by atoms with E-state index in [9.17, 15) is 34.5 Å². The lowest BCUT2D eigenvalue weighted by molar-refractivity contribution is -0.170. The number of allylic oxidation sites excluding steroid dienone is 4. The van der Waals surface area contributed by atoms with Crippen molar-refractivity contribution < 1.29 is 39.6 Å². The third kappa shape index (κ3) is 54.3. The number of hydrogen-bond donors (Lipinski definition) is 4. The second-order valence-corrected chi connectivity index (χ2v) is 24.7. The van der Waals surface area contributed by atoms with E-state index in [4.69, 9.17) is 5.11 Å². The number of rotatable bonds is 65. The van der Waals surface area contributed by atoms with Crippen LogP contribution >= 0.6 is 0 Å². The molecule has 0 fully saturated rings. The van der Waals surface area contributed by atoms with E-state index in [1.165, 1.54) is 238 Å². The number of Topliss-reactive ketones (excluding diaryl/α,β-unsaturated/α-hetero) is 3. The molecular weight excluding hydrogens is 1000 g/mol. The van der Waals surface area contributed by atoms with E-state index in [2.05, 4.69) is 52.0 Å². The van der Waals surface area contributed by atoms with Gasteiger partial charge in [0, 0.05) is 19.3 Å². The van der Waals surface area contributed by atoms with Gasteiger partial charge < -0.3 is 20.4 Å². The highest BCUT2D eigenvalue weighted by Crippen LogP contribution is 2.28. The predicted octanol–water partition coefficient (Wildman–Crippen LogP) is 21.9. The van der Waals surface area contributed by atoms with Gasteiger partial charge in [0.25, 0.3) is 0 Å². The summed E-state index contributed by atoms with van der Waals surface area (Å²) in [6, 6.07) is 0. The first-order valence-corrected chi connectivity index (χ1v) is 35.7. The number of carbonyl (C=O) groups is 4. The maximum Gasteiger partial charge on any atom is 0.303 e. The number of hydrogen-bond acceptors (Lipinski definition) is 7. The van der Waals surface area contributed by atoms with Gasteiger partial charge in [0.1, 0.15) is 11.9 Å². The van der Waals surface area contributed by atoms with Crippen LogP contribution in [0.3, 0.4) is 0 Å². The van der Waals surface area contributed by atoms with E-state index < -0.39 is 41.8 Å². The molecule has 0 spiro atoms. The summed E-state index contributed by atoms with van der Waals surface area (Å²) >= 11 is 0. The summed E-state index contributed by atoms with van der Waals surface area (Å²) in [5.74, 6) is -3.71. The molecular formula is C73H138O8. The molecule has 478 valence electrons. The first-order valence-electron chi connectivity index (χ1n) is 35.7. The zero-order valence-electron chi connectivity index (χ0n) is 54.4. The van der Waals surface area contributed by atoms with Crippen molar-refractivity contribution in [2.75, 3.05) is 6.61 Å².